The molecule has 232 valence electrons. The number of anilines is 2. The van der Waals surface area contributed by atoms with Crippen molar-refractivity contribution >= 4 is 54.7 Å². The number of ether oxygens (including phenoxy) is 2. The molecule has 4 saturated heterocycles. The highest BCUT2D eigenvalue weighted by Gasteiger charge is 2.50. The van der Waals surface area contributed by atoms with Gasteiger partial charge in [0.15, 0.2) is 11.6 Å². The van der Waals surface area contributed by atoms with Crippen molar-refractivity contribution < 1.29 is 18.3 Å². The van der Waals surface area contributed by atoms with Crippen LogP contribution >= 0.6 is 22.9 Å². The number of halogens is 3. The highest BCUT2D eigenvalue weighted by atomic mass is 35.5. The maximum Gasteiger partial charge on any atom is 0.319 e. The van der Waals surface area contributed by atoms with E-state index in [-0.39, 0.29) is 52.4 Å². The number of nitrogens with zero attached hydrogens (tertiary/aromatic N) is 5. The van der Waals surface area contributed by atoms with Gasteiger partial charge in [-0.25, -0.2) is 8.78 Å². The SMILES string of the molecule is N#Cc1c(N)sc2cccc(-c3c(Cl)c4c5c(nc(OC[C@@]67CCCN6C[C@H](F)C7)nc5c3F)N3C[C@H]5CC[C@H](N5)[C@H]3CO4)c12. The van der Waals surface area contributed by atoms with Crippen molar-refractivity contribution in [2.45, 2.75) is 61.9 Å². The van der Waals surface area contributed by atoms with Gasteiger partial charge in [0, 0.05) is 47.2 Å². The van der Waals surface area contributed by atoms with E-state index in [0.717, 1.165) is 36.9 Å². The second-order valence-corrected chi connectivity index (χ2v) is 14.4. The molecule has 2 bridgehead atoms. The third-order valence-electron chi connectivity index (χ3n) is 10.5. The fourth-order valence-corrected chi connectivity index (χ4v) is 9.80. The van der Waals surface area contributed by atoms with Crippen LogP contribution in [-0.2, 0) is 0 Å². The summed E-state index contributed by atoms with van der Waals surface area (Å²) < 4.78 is 45.2. The van der Waals surface area contributed by atoms with Gasteiger partial charge in [0.1, 0.15) is 41.8 Å². The molecule has 9 nitrogen and oxygen atoms in total. The fraction of sp³-hybridized carbons (Fsp3) is 0.469. The van der Waals surface area contributed by atoms with Crippen molar-refractivity contribution in [2.75, 3.05) is 43.5 Å². The lowest BCUT2D eigenvalue weighted by molar-refractivity contribution is 0.107. The molecule has 7 heterocycles. The van der Waals surface area contributed by atoms with Gasteiger partial charge in [-0.3, -0.25) is 4.90 Å². The Labute approximate surface area is 266 Å². The number of thiophene rings is 1. The first-order chi connectivity index (χ1) is 21.8. The maximum absolute atomic E-state index is 17.1. The molecule has 13 heteroatoms. The Morgan fingerprint density at radius 2 is 2.16 bits per heavy atom. The molecule has 0 radical (unpaired) electrons. The van der Waals surface area contributed by atoms with Crippen LogP contribution in [0.25, 0.3) is 32.1 Å². The molecule has 5 aliphatic rings. The molecule has 2 aromatic carbocycles. The quantitative estimate of drug-likeness (QED) is 0.300. The van der Waals surface area contributed by atoms with Crippen molar-refractivity contribution in [2.24, 2.45) is 0 Å². The summed E-state index contributed by atoms with van der Waals surface area (Å²) in [6.07, 6.45) is 3.34. The summed E-state index contributed by atoms with van der Waals surface area (Å²) in [5.41, 5.74) is 6.62. The first-order valence-electron chi connectivity index (χ1n) is 15.5. The Hall–Kier alpha value is -3.50. The van der Waals surface area contributed by atoms with Crippen LogP contribution in [0.3, 0.4) is 0 Å². The van der Waals surface area contributed by atoms with Gasteiger partial charge in [0.25, 0.3) is 0 Å². The van der Waals surface area contributed by atoms with Gasteiger partial charge in [-0.1, -0.05) is 23.7 Å². The molecule has 4 fully saturated rings. The largest absolute Gasteiger partial charge is 0.489 e. The second kappa shape index (κ2) is 10.00. The molecular weight excluding hydrogens is 620 g/mol. The summed E-state index contributed by atoms with van der Waals surface area (Å²) in [6.45, 7) is 2.46. The normalized spacial score (nSPS) is 28.6. The molecule has 0 saturated carbocycles. The van der Waals surface area contributed by atoms with Crippen molar-refractivity contribution in [3.05, 3.63) is 34.6 Å². The number of nitriles is 1. The maximum atomic E-state index is 17.1. The summed E-state index contributed by atoms with van der Waals surface area (Å²) in [5, 5.41) is 15.0. The number of benzene rings is 2. The van der Waals surface area contributed by atoms with E-state index in [1.807, 2.05) is 6.07 Å². The lowest BCUT2D eigenvalue weighted by Gasteiger charge is -2.40. The third kappa shape index (κ3) is 4.00. The molecule has 3 N–H and O–H groups in total. The van der Waals surface area contributed by atoms with Crippen LogP contribution in [-0.4, -0.2) is 77.6 Å². The molecule has 9 rings (SSSR count). The standard InChI is InChI=1S/C32H30ClF2N7O2S/c33-25-23(17-3-1-4-21-22(17)18(10-36)29(37)45-21)26(35)27-24-28(25)43-13-20-19-6-5-16(38-19)12-42(20)30(24)40-31(39-27)44-14-32-7-2-8-41(32)11-15(34)9-32/h1,3-4,15-16,19-20,38H,2,5-9,11-14,37H2/t15-,16-,19+,20-,32+/m1/s1. The minimum absolute atomic E-state index is 0.0326. The highest BCUT2D eigenvalue weighted by Crippen LogP contribution is 2.51. The minimum Gasteiger partial charge on any atom is -0.489 e. The number of alkyl halides is 1. The third-order valence-corrected chi connectivity index (χ3v) is 11.9. The van der Waals surface area contributed by atoms with Crippen LogP contribution in [0.2, 0.25) is 5.02 Å². The topological polar surface area (TPSA) is 113 Å². The zero-order chi connectivity index (χ0) is 30.6. The van der Waals surface area contributed by atoms with Crippen molar-refractivity contribution in [1.29, 1.82) is 5.26 Å². The summed E-state index contributed by atoms with van der Waals surface area (Å²) in [4.78, 5) is 14.0. The number of piperazine rings is 1. The zero-order valence-electron chi connectivity index (χ0n) is 24.3. The van der Waals surface area contributed by atoms with Crippen LogP contribution in [0.1, 0.15) is 37.7 Å². The molecule has 4 aromatic rings. The van der Waals surface area contributed by atoms with Gasteiger partial charge < -0.3 is 25.4 Å². The van der Waals surface area contributed by atoms with Crippen LogP contribution < -0.4 is 25.4 Å². The van der Waals surface area contributed by atoms with Gasteiger partial charge in [0.2, 0.25) is 0 Å². The fourth-order valence-electron chi connectivity index (χ4n) is 8.52. The van der Waals surface area contributed by atoms with Crippen molar-refractivity contribution in [3.8, 4) is 29.0 Å². The van der Waals surface area contributed by atoms with E-state index in [4.69, 9.17) is 31.8 Å². The zero-order valence-corrected chi connectivity index (χ0v) is 25.9. The number of rotatable bonds is 4. The van der Waals surface area contributed by atoms with E-state index in [1.54, 1.807) is 12.1 Å². The first-order valence-corrected chi connectivity index (χ1v) is 16.7. The molecule has 0 spiro atoms. The van der Waals surface area contributed by atoms with Crippen LogP contribution in [0.15, 0.2) is 18.2 Å². The summed E-state index contributed by atoms with van der Waals surface area (Å²) in [5.74, 6) is 0.189. The highest BCUT2D eigenvalue weighted by molar-refractivity contribution is 7.23. The molecule has 45 heavy (non-hydrogen) atoms. The lowest BCUT2D eigenvalue weighted by atomic mass is 9.95. The second-order valence-electron chi connectivity index (χ2n) is 13.0. The van der Waals surface area contributed by atoms with E-state index in [0.29, 0.717) is 59.0 Å². The van der Waals surface area contributed by atoms with E-state index in [2.05, 4.69) is 26.2 Å². The van der Waals surface area contributed by atoms with E-state index in [9.17, 15) is 9.65 Å². The number of aromatic nitrogens is 2. The van der Waals surface area contributed by atoms with Gasteiger partial charge >= 0.3 is 6.01 Å². The minimum atomic E-state index is -0.901. The van der Waals surface area contributed by atoms with Crippen LogP contribution in [0.5, 0.6) is 11.8 Å². The predicted octanol–water partition coefficient (Wildman–Crippen LogP) is 5.41. The summed E-state index contributed by atoms with van der Waals surface area (Å²) in [7, 11) is 0. The summed E-state index contributed by atoms with van der Waals surface area (Å²) >= 11 is 8.38. The Bertz CT molecular complexity index is 1950. The molecule has 0 unspecified atom stereocenters. The number of nitrogen functional groups attached to an aromatic ring is 1. The van der Waals surface area contributed by atoms with Gasteiger partial charge in [0.05, 0.1) is 27.6 Å². The number of fused-ring (bicyclic) bond motifs is 7. The van der Waals surface area contributed by atoms with E-state index >= 15 is 4.39 Å². The first kappa shape index (κ1) is 27.8. The Balaban J connectivity index is 1.25. The molecular formula is C32H30ClF2N7O2S. The Morgan fingerprint density at radius 1 is 1.27 bits per heavy atom. The van der Waals surface area contributed by atoms with Gasteiger partial charge in [-0.15, -0.1) is 11.3 Å². The van der Waals surface area contributed by atoms with Crippen molar-refractivity contribution in [3.63, 3.8) is 0 Å². The monoisotopic (exact) mass is 649 g/mol. The van der Waals surface area contributed by atoms with Crippen LogP contribution in [0.4, 0.5) is 19.6 Å². The van der Waals surface area contributed by atoms with E-state index < -0.39 is 17.5 Å². The van der Waals surface area contributed by atoms with Gasteiger partial charge in [-0.2, -0.15) is 15.2 Å². The van der Waals surface area contributed by atoms with Crippen LogP contribution in [0, 0.1) is 17.1 Å². The van der Waals surface area contributed by atoms with E-state index in [1.165, 1.54) is 11.3 Å². The Morgan fingerprint density at radius 3 is 3.02 bits per heavy atom. The smallest absolute Gasteiger partial charge is 0.319 e. The number of hydrogen-bond donors (Lipinski definition) is 2. The number of hydrogen-bond acceptors (Lipinski definition) is 10. The van der Waals surface area contributed by atoms with Crippen molar-refractivity contribution in [1.82, 2.24) is 20.2 Å². The average Bonchev–Trinajstić information content (AvgIpc) is 3.74. The van der Waals surface area contributed by atoms with Gasteiger partial charge in [-0.05, 0) is 43.9 Å². The Kier molecular flexibility index (Phi) is 6.17. The molecule has 5 aliphatic heterocycles. The summed E-state index contributed by atoms with van der Waals surface area (Å²) in [6, 6.07) is 8.01. The number of nitrogens with one attached hydrogen (secondary N) is 1. The molecule has 5 atom stereocenters. The molecule has 0 amide bonds. The molecule has 2 aromatic heterocycles. The average molecular weight is 650 g/mol. The lowest BCUT2D eigenvalue weighted by Crippen LogP contribution is -2.60. The number of nitrogens with two attached hydrogens (primary N) is 1. The molecule has 0 aliphatic carbocycles. The predicted molar refractivity (Wildman–Crippen MR) is 170 cm³/mol.